The molecular weight excluding hydrogens is 260 g/mol. The molecular formula is C14H16N2O4. The van der Waals surface area contributed by atoms with Crippen LogP contribution in [0.3, 0.4) is 0 Å². The van der Waals surface area contributed by atoms with E-state index in [4.69, 9.17) is 14.7 Å². The number of amides is 1. The van der Waals surface area contributed by atoms with Crippen molar-refractivity contribution in [3.63, 3.8) is 0 Å². The fourth-order valence-corrected chi connectivity index (χ4v) is 2.15. The number of rotatable bonds is 3. The predicted molar refractivity (Wildman–Crippen MR) is 71.6 cm³/mol. The fourth-order valence-electron chi connectivity index (χ4n) is 2.15. The topological polar surface area (TPSA) is 82.8 Å². The number of carbonyl (C=O) groups is 1. The molecule has 106 valence electrons. The van der Waals surface area contributed by atoms with Gasteiger partial charge in [0.05, 0.1) is 25.5 Å². The average molecular weight is 276 g/mol. The number of nitriles is 1. The first-order chi connectivity index (χ1) is 9.44. The van der Waals surface area contributed by atoms with E-state index in [1.165, 1.54) is 12.0 Å². The van der Waals surface area contributed by atoms with Crippen LogP contribution in [0, 0.1) is 11.3 Å². The highest BCUT2D eigenvalue weighted by atomic mass is 16.5. The van der Waals surface area contributed by atoms with Crippen molar-refractivity contribution in [2.24, 2.45) is 0 Å². The quantitative estimate of drug-likeness (QED) is 0.839. The third kappa shape index (κ3) is 2.17. The Labute approximate surface area is 117 Å². The first-order valence-electron chi connectivity index (χ1n) is 6.14. The number of nitrogens with zero attached hydrogens (tertiary/aromatic N) is 2. The highest BCUT2D eigenvalue weighted by molar-refractivity contribution is 6.03. The summed E-state index contributed by atoms with van der Waals surface area (Å²) in [5.41, 5.74) is -0.0448. The molecule has 1 aliphatic rings. The molecule has 6 heteroatoms. The van der Waals surface area contributed by atoms with E-state index in [0.717, 1.165) is 0 Å². The third-order valence-corrected chi connectivity index (χ3v) is 3.13. The molecule has 0 saturated heterocycles. The predicted octanol–water partition coefficient (Wildman–Crippen LogP) is 1.22. The zero-order chi connectivity index (χ0) is 14.9. The second-order valence-electron chi connectivity index (χ2n) is 4.97. The molecule has 2 rings (SSSR count). The van der Waals surface area contributed by atoms with Gasteiger partial charge in [-0.1, -0.05) is 0 Å². The number of carbonyl (C=O) groups excluding carboxylic acids is 1. The van der Waals surface area contributed by atoms with Crippen LogP contribution in [0.4, 0.5) is 5.69 Å². The maximum Gasteiger partial charge on any atom is 0.271 e. The van der Waals surface area contributed by atoms with Gasteiger partial charge >= 0.3 is 0 Å². The van der Waals surface area contributed by atoms with E-state index in [9.17, 15) is 9.90 Å². The molecule has 0 unspecified atom stereocenters. The number of methoxy groups -OCH3 is 1. The van der Waals surface area contributed by atoms with Crippen LogP contribution in [0.2, 0.25) is 0 Å². The van der Waals surface area contributed by atoms with Crippen LogP contribution < -0.4 is 14.4 Å². The minimum atomic E-state index is -1.07. The first kappa shape index (κ1) is 14.2. The number of anilines is 1. The molecule has 0 saturated carbocycles. The summed E-state index contributed by atoms with van der Waals surface area (Å²) in [6, 6.07) is 5.24. The molecule has 1 aromatic carbocycles. The van der Waals surface area contributed by atoms with Crippen molar-refractivity contribution in [3.05, 3.63) is 17.7 Å². The van der Waals surface area contributed by atoms with Gasteiger partial charge in [-0.3, -0.25) is 9.69 Å². The van der Waals surface area contributed by atoms with Crippen molar-refractivity contribution < 1.29 is 19.4 Å². The molecule has 20 heavy (non-hydrogen) atoms. The van der Waals surface area contributed by atoms with Gasteiger partial charge in [0.2, 0.25) is 0 Å². The molecule has 0 spiro atoms. The molecule has 1 aliphatic heterocycles. The Bertz CT molecular complexity index is 590. The number of hydrogen-bond acceptors (Lipinski definition) is 5. The third-order valence-electron chi connectivity index (χ3n) is 3.13. The largest absolute Gasteiger partial charge is 0.493 e. The molecule has 1 amide bonds. The zero-order valence-corrected chi connectivity index (χ0v) is 11.6. The second kappa shape index (κ2) is 5.02. The molecule has 0 aliphatic carbocycles. The Morgan fingerprint density at radius 3 is 2.75 bits per heavy atom. The number of fused-ring (bicyclic) bond motifs is 1. The van der Waals surface area contributed by atoms with Gasteiger partial charge in [0.1, 0.15) is 6.54 Å². The van der Waals surface area contributed by atoms with Crippen LogP contribution in [0.5, 0.6) is 11.5 Å². The summed E-state index contributed by atoms with van der Waals surface area (Å²) in [6.07, 6.45) is 0. The molecule has 1 aromatic rings. The SMILES string of the molecule is COc1cc(CO)cc2c1OC(C)(C)C(=O)N2CC#N. The van der Waals surface area contributed by atoms with Crippen molar-refractivity contribution in [2.45, 2.75) is 26.1 Å². The van der Waals surface area contributed by atoms with Crippen LogP contribution in [-0.4, -0.2) is 30.3 Å². The maximum atomic E-state index is 12.3. The Kier molecular flexibility index (Phi) is 3.55. The smallest absolute Gasteiger partial charge is 0.271 e. The first-order valence-corrected chi connectivity index (χ1v) is 6.14. The van der Waals surface area contributed by atoms with E-state index in [2.05, 4.69) is 0 Å². The summed E-state index contributed by atoms with van der Waals surface area (Å²) in [5, 5.41) is 18.2. The maximum absolute atomic E-state index is 12.3. The van der Waals surface area contributed by atoms with Crippen LogP contribution in [-0.2, 0) is 11.4 Å². The fraction of sp³-hybridized carbons (Fsp3) is 0.429. The highest BCUT2D eigenvalue weighted by Gasteiger charge is 2.42. The number of aliphatic hydroxyl groups excluding tert-OH is 1. The Balaban J connectivity index is 2.65. The monoisotopic (exact) mass is 276 g/mol. The van der Waals surface area contributed by atoms with Gasteiger partial charge in [-0.15, -0.1) is 0 Å². The lowest BCUT2D eigenvalue weighted by Crippen LogP contribution is -2.52. The van der Waals surface area contributed by atoms with Crippen LogP contribution in [0.25, 0.3) is 0 Å². The van der Waals surface area contributed by atoms with Gasteiger partial charge in [0.25, 0.3) is 5.91 Å². The lowest BCUT2D eigenvalue weighted by Gasteiger charge is -2.38. The molecule has 1 N–H and O–H groups in total. The lowest BCUT2D eigenvalue weighted by molar-refractivity contribution is -0.132. The van der Waals surface area contributed by atoms with Crippen molar-refractivity contribution in [1.29, 1.82) is 5.26 Å². The summed E-state index contributed by atoms with van der Waals surface area (Å²) in [4.78, 5) is 13.7. The van der Waals surface area contributed by atoms with Crippen LogP contribution in [0.15, 0.2) is 12.1 Å². The lowest BCUT2D eigenvalue weighted by atomic mass is 10.0. The van der Waals surface area contributed by atoms with Gasteiger partial charge in [0.15, 0.2) is 17.1 Å². The highest BCUT2D eigenvalue weighted by Crippen LogP contribution is 2.45. The standard InChI is InChI=1S/C14H16N2O4/c1-14(2)13(18)16(5-4-15)10-6-9(8-17)7-11(19-3)12(10)20-14/h6-7,17H,5,8H2,1-3H3. The van der Waals surface area contributed by atoms with E-state index in [-0.39, 0.29) is 19.1 Å². The Hall–Kier alpha value is -2.26. The molecule has 0 fully saturated rings. The van der Waals surface area contributed by atoms with E-state index in [1.54, 1.807) is 26.0 Å². The molecule has 0 aromatic heterocycles. The van der Waals surface area contributed by atoms with E-state index < -0.39 is 5.60 Å². The molecule has 1 heterocycles. The minimum Gasteiger partial charge on any atom is -0.493 e. The van der Waals surface area contributed by atoms with Gasteiger partial charge in [-0.05, 0) is 31.5 Å². The zero-order valence-electron chi connectivity index (χ0n) is 11.6. The molecule has 0 atom stereocenters. The minimum absolute atomic E-state index is 0.0866. The summed E-state index contributed by atoms with van der Waals surface area (Å²) in [6.45, 7) is 3.00. The van der Waals surface area contributed by atoms with E-state index in [0.29, 0.717) is 22.7 Å². The normalized spacial score (nSPS) is 16.1. The van der Waals surface area contributed by atoms with Crippen molar-refractivity contribution >= 4 is 11.6 Å². The number of benzene rings is 1. The summed E-state index contributed by atoms with van der Waals surface area (Å²) < 4.78 is 11.0. The van der Waals surface area contributed by atoms with E-state index in [1.807, 2.05) is 6.07 Å². The molecule has 6 nitrogen and oxygen atoms in total. The van der Waals surface area contributed by atoms with Crippen molar-refractivity contribution in [3.8, 4) is 17.6 Å². The molecule has 0 radical (unpaired) electrons. The summed E-state index contributed by atoms with van der Waals surface area (Å²) >= 11 is 0. The Morgan fingerprint density at radius 2 is 2.20 bits per heavy atom. The van der Waals surface area contributed by atoms with Gasteiger partial charge < -0.3 is 14.6 Å². The van der Waals surface area contributed by atoms with Gasteiger partial charge in [0, 0.05) is 0 Å². The number of ether oxygens (including phenoxy) is 2. The molecule has 0 bridgehead atoms. The van der Waals surface area contributed by atoms with Gasteiger partial charge in [-0.25, -0.2) is 0 Å². The number of aliphatic hydroxyl groups is 1. The van der Waals surface area contributed by atoms with Gasteiger partial charge in [-0.2, -0.15) is 5.26 Å². The average Bonchev–Trinajstić information content (AvgIpc) is 2.43. The van der Waals surface area contributed by atoms with Crippen molar-refractivity contribution in [1.82, 2.24) is 0 Å². The Morgan fingerprint density at radius 1 is 1.50 bits per heavy atom. The summed E-state index contributed by atoms with van der Waals surface area (Å²) in [7, 11) is 1.48. The van der Waals surface area contributed by atoms with Crippen molar-refractivity contribution in [2.75, 3.05) is 18.6 Å². The second-order valence-corrected chi connectivity index (χ2v) is 4.97. The van der Waals surface area contributed by atoms with E-state index >= 15 is 0 Å². The van der Waals surface area contributed by atoms with Crippen LogP contribution in [0.1, 0.15) is 19.4 Å². The van der Waals surface area contributed by atoms with Crippen LogP contribution >= 0.6 is 0 Å². The number of hydrogen-bond donors (Lipinski definition) is 1. The summed E-state index contributed by atoms with van der Waals surface area (Å²) in [5.74, 6) is 0.531.